The number of carbonyl (C=O) groups is 1. The second-order valence-electron chi connectivity index (χ2n) is 7.94. The molecule has 1 aromatic carbocycles. The Morgan fingerprint density at radius 2 is 2.11 bits per heavy atom. The predicted molar refractivity (Wildman–Crippen MR) is 106 cm³/mol. The van der Waals surface area contributed by atoms with Crippen LogP contribution < -0.4 is 5.32 Å². The molecule has 1 heterocycles. The standard InChI is InChI=1S/C22H30N2O3/c1-15-10-20(25)7-6-17(15)11-19(24(2)3)13-23-22(26)12-21(16-4-5-16)18-8-9-27-14-18/h6-10,14,16,19,21,25H,4-5,11-13H2,1-3H3,(H,23,26)/t19-,21+/m0/s1. The van der Waals surface area contributed by atoms with Gasteiger partial charge in [0.2, 0.25) is 5.91 Å². The number of nitrogens with zero attached hydrogens (tertiary/aromatic N) is 1. The Hall–Kier alpha value is -2.27. The van der Waals surface area contributed by atoms with Crippen molar-refractivity contribution in [2.45, 2.75) is 44.6 Å². The number of carbonyl (C=O) groups excluding carboxylic acids is 1. The molecule has 5 heteroatoms. The van der Waals surface area contributed by atoms with Crippen LogP contribution in [0.1, 0.15) is 41.9 Å². The van der Waals surface area contributed by atoms with Gasteiger partial charge in [0.25, 0.3) is 0 Å². The third-order valence-electron chi connectivity index (χ3n) is 5.61. The summed E-state index contributed by atoms with van der Waals surface area (Å²) in [4.78, 5) is 14.7. The number of furan rings is 1. The van der Waals surface area contributed by atoms with Crippen molar-refractivity contribution in [3.63, 3.8) is 0 Å². The average molecular weight is 370 g/mol. The topological polar surface area (TPSA) is 65.7 Å². The molecule has 27 heavy (non-hydrogen) atoms. The van der Waals surface area contributed by atoms with Crippen LogP contribution in [0.15, 0.2) is 41.2 Å². The van der Waals surface area contributed by atoms with Gasteiger partial charge in [0.05, 0.1) is 12.5 Å². The summed E-state index contributed by atoms with van der Waals surface area (Å²) in [5.41, 5.74) is 3.40. The van der Waals surface area contributed by atoms with E-state index in [9.17, 15) is 9.90 Å². The molecule has 1 amide bonds. The summed E-state index contributed by atoms with van der Waals surface area (Å²) in [5.74, 6) is 1.26. The van der Waals surface area contributed by atoms with Crippen LogP contribution >= 0.6 is 0 Å². The van der Waals surface area contributed by atoms with Crippen LogP contribution in [-0.2, 0) is 11.2 Å². The van der Waals surface area contributed by atoms with Crippen LogP contribution in [0.4, 0.5) is 0 Å². The first-order chi connectivity index (χ1) is 12.9. The molecule has 1 saturated carbocycles. The number of hydrogen-bond donors (Lipinski definition) is 2. The van der Waals surface area contributed by atoms with Crippen molar-refractivity contribution in [1.29, 1.82) is 0 Å². The van der Waals surface area contributed by atoms with Gasteiger partial charge >= 0.3 is 0 Å². The van der Waals surface area contributed by atoms with Crippen molar-refractivity contribution in [2.75, 3.05) is 20.6 Å². The van der Waals surface area contributed by atoms with Crippen molar-refractivity contribution in [1.82, 2.24) is 10.2 Å². The highest BCUT2D eigenvalue weighted by Crippen LogP contribution is 2.44. The van der Waals surface area contributed by atoms with Crippen molar-refractivity contribution >= 4 is 5.91 Å². The van der Waals surface area contributed by atoms with Gasteiger partial charge in [0.1, 0.15) is 5.75 Å². The molecule has 1 fully saturated rings. The van der Waals surface area contributed by atoms with Gasteiger partial charge in [-0.25, -0.2) is 0 Å². The van der Waals surface area contributed by atoms with Crippen molar-refractivity contribution < 1.29 is 14.3 Å². The summed E-state index contributed by atoms with van der Waals surface area (Å²) >= 11 is 0. The Balaban J connectivity index is 1.56. The van der Waals surface area contributed by atoms with Crippen molar-refractivity contribution in [3.05, 3.63) is 53.5 Å². The fraction of sp³-hybridized carbons (Fsp3) is 0.500. The summed E-state index contributed by atoms with van der Waals surface area (Å²) in [5, 5.41) is 12.7. The lowest BCUT2D eigenvalue weighted by molar-refractivity contribution is -0.121. The van der Waals surface area contributed by atoms with E-state index in [4.69, 9.17) is 4.42 Å². The third-order valence-corrected chi connectivity index (χ3v) is 5.61. The maximum atomic E-state index is 12.6. The van der Waals surface area contributed by atoms with Gasteiger partial charge in [-0.15, -0.1) is 0 Å². The van der Waals surface area contributed by atoms with E-state index >= 15 is 0 Å². The van der Waals surface area contributed by atoms with Gasteiger partial charge in [-0.1, -0.05) is 6.07 Å². The molecule has 5 nitrogen and oxygen atoms in total. The Morgan fingerprint density at radius 3 is 2.70 bits per heavy atom. The number of nitrogens with one attached hydrogen (secondary N) is 1. The minimum atomic E-state index is 0.0994. The van der Waals surface area contributed by atoms with Crippen LogP contribution in [0.25, 0.3) is 0 Å². The smallest absolute Gasteiger partial charge is 0.220 e. The van der Waals surface area contributed by atoms with Crippen LogP contribution in [0.3, 0.4) is 0 Å². The minimum Gasteiger partial charge on any atom is -0.508 e. The van der Waals surface area contributed by atoms with E-state index in [0.717, 1.165) is 17.5 Å². The number of likely N-dealkylation sites (N-methyl/N-ethyl adjacent to an activating group) is 1. The highest BCUT2D eigenvalue weighted by molar-refractivity contribution is 5.77. The molecule has 1 aliphatic rings. The fourth-order valence-electron chi connectivity index (χ4n) is 3.65. The quantitative estimate of drug-likeness (QED) is 0.709. The van der Waals surface area contributed by atoms with Crippen LogP contribution in [0.2, 0.25) is 0 Å². The largest absolute Gasteiger partial charge is 0.508 e. The normalized spacial score (nSPS) is 16.3. The number of phenolic OH excluding ortho intramolecular Hbond substituents is 1. The van der Waals surface area contributed by atoms with E-state index in [1.807, 2.05) is 33.2 Å². The summed E-state index contributed by atoms with van der Waals surface area (Å²) in [6.45, 7) is 2.61. The number of aromatic hydroxyl groups is 1. The van der Waals surface area contributed by atoms with Crippen molar-refractivity contribution in [2.24, 2.45) is 5.92 Å². The third kappa shape index (κ3) is 5.36. The Morgan fingerprint density at radius 1 is 1.33 bits per heavy atom. The van der Waals surface area contributed by atoms with E-state index in [1.165, 1.54) is 18.4 Å². The van der Waals surface area contributed by atoms with Gasteiger partial charge in [0.15, 0.2) is 0 Å². The van der Waals surface area contributed by atoms with Crippen LogP contribution in [0, 0.1) is 12.8 Å². The molecule has 0 aliphatic heterocycles. The van der Waals surface area contributed by atoms with Crippen molar-refractivity contribution in [3.8, 4) is 5.75 Å². The number of phenols is 1. The first-order valence-electron chi connectivity index (χ1n) is 9.67. The summed E-state index contributed by atoms with van der Waals surface area (Å²) in [6, 6.07) is 7.65. The van der Waals surface area contributed by atoms with Crippen LogP contribution in [-0.4, -0.2) is 42.6 Å². The molecule has 2 aromatic rings. The monoisotopic (exact) mass is 370 g/mol. The summed E-state index contributed by atoms with van der Waals surface area (Å²) in [6.07, 6.45) is 7.19. The lowest BCUT2D eigenvalue weighted by Gasteiger charge is -2.26. The highest BCUT2D eigenvalue weighted by atomic mass is 16.3. The van der Waals surface area contributed by atoms with Gasteiger partial charge in [-0.05, 0) is 87.0 Å². The number of aryl methyl sites for hydroxylation is 1. The highest BCUT2D eigenvalue weighted by Gasteiger charge is 2.34. The first kappa shape index (κ1) is 19.5. The molecule has 1 aromatic heterocycles. The lowest BCUT2D eigenvalue weighted by Crippen LogP contribution is -2.42. The van der Waals surface area contributed by atoms with Gasteiger partial charge in [0, 0.05) is 19.0 Å². The molecule has 0 radical (unpaired) electrons. The van der Waals surface area contributed by atoms with E-state index in [2.05, 4.69) is 10.2 Å². The average Bonchev–Trinajstić information content (AvgIpc) is 3.31. The second-order valence-corrected chi connectivity index (χ2v) is 7.94. The molecule has 0 spiro atoms. The number of hydrogen-bond acceptors (Lipinski definition) is 4. The number of benzene rings is 1. The molecular weight excluding hydrogens is 340 g/mol. The van der Waals surface area contributed by atoms with E-state index < -0.39 is 0 Å². The molecule has 146 valence electrons. The van der Waals surface area contributed by atoms with E-state index in [0.29, 0.717) is 18.9 Å². The van der Waals surface area contributed by atoms with Crippen LogP contribution in [0.5, 0.6) is 5.75 Å². The molecule has 0 bridgehead atoms. The number of amides is 1. The molecule has 3 rings (SSSR count). The zero-order valence-corrected chi connectivity index (χ0v) is 16.4. The predicted octanol–water partition coefficient (Wildman–Crippen LogP) is 3.47. The summed E-state index contributed by atoms with van der Waals surface area (Å²) in [7, 11) is 4.07. The zero-order valence-electron chi connectivity index (χ0n) is 16.4. The van der Waals surface area contributed by atoms with E-state index in [-0.39, 0.29) is 23.6 Å². The molecule has 0 unspecified atom stereocenters. The first-order valence-corrected chi connectivity index (χ1v) is 9.67. The SMILES string of the molecule is Cc1cc(O)ccc1C[C@@H](CNC(=O)C[C@@H](c1ccoc1)C1CC1)N(C)C. The number of rotatable bonds is 9. The second kappa shape index (κ2) is 8.61. The van der Waals surface area contributed by atoms with E-state index in [1.54, 1.807) is 24.7 Å². The fourth-order valence-corrected chi connectivity index (χ4v) is 3.65. The Kier molecular flexibility index (Phi) is 6.22. The maximum absolute atomic E-state index is 12.6. The van der Waals surface area contributed by atoms with Gasteiger partial charge in [-0.2, -0.15) is 0 Å². The molecule has 2 atom stereocenters. The Bertz CT molecular complexity index is 751. The molecule has 1 aliphatic carbocycles. The lowest BCUT2D eigenvalue weighted by atomic mass is 9.93. The molecule has 2 N–H and O–H groups in total. The van der Waals surface area contributed by atoms with Gasteiger partial charge < -0.3 is 19.7 Å². The van der Waals surface area contributed by atoms with Gasteiger partial charge in [-0.3, -0.25) is 4.79 Å². The zero-order chi connectivity index (χ0) is 19.4. The maximum Gasteiger partial charge on any atom is 0.220 e. The molecule has 0 saturated heterocycles. The Labute approximate surface area is 161 Å². The minimum absolute atomic E-state index is 0.0994. The molecular formula is C22H30N2O3. The summed E-state index contributed by atoms with van der Waals surface area (Å²) < 4.78 is 5.21.